The van der Waals surface area contributed by atoms with Crippen molar-refractivity contribution in [1.82, 2.24) is 0 Å². The normalized spacial score (nSPS) is 37.5. The fourth-order valence-electron chi connectivity index (χ4n) is 5.48. The third-order valence-electron chi connectivity index (χ3n) is 6.81. The highest BCUT2D eigenvalue weighted by Crippen LogP contribution is 2.46. The maximum Gasteiger partial charge on any atom is -0.0199 e. The van der Waals surface area contributed by atoms with Gasteiger partial charge in [-0.25, -0.2) is 0 Å². The molecule has 0 aromatic carbocycles. The summed E-state index contributed by atoms with van der Waals surface area (Å²) in [6.07, 6.45) is 27.7. The monoisotopic (exact) mass is 324 g/mol. The van der Waals surface area contributed by atoms with Gasteiger partial charge in [-0.3, -0.25) is 0 Å². The van der Waals surface area contributed by atoms with E-state index in [-0.39, 0.29) is 0 Å². The maximum absolute atomic E-state index is 3.77. The Labute approximate surface area is 149 Å². The van der Waals surface area contributed by atoms with Gasteiger partial charge in [0.2, 0.25) is 0 Å². The van der Waals surface area contributed by atoms with Crippen LogP contribution < -0.4 is 0 Å². The van der Waals surface area contributed by atoms with Crippen LogP contribution in [0.4, 0.5) is 0 Å². The Balaban J connectivity index is 0.000000143. The predicted octanol–water partition coefficient (Wildman–Crippen LogP) is 7.11. The third kappa shape index (κ3) is 4.52. The number of unbranched alkanes of at least 4 members (excludes halogenated alkanes) is 2. The molecule has 6 atom stereocenters. The lowest BCUT2D eigenvalue weighted by Gasteiger charge is -2.17. The molecule has 4 aliphatic carbocycles. The van der Waals surface area contributed by atoms with Crippen LogP contribution in [0.15, 0.2) is 49.6 Å². The van der Waals surface area contributed by atoms with Gasteiger partial charge >= 0.3 is 0 Å². The van der Waals surface area contributed by atoms with E-state index in [4.69, 9.17) is 0 Å². The summed E-state index contributed by atoms with van der Waals surface area (Å²) in [5, 5.41) is 0. The molecule has 0 heteroatoms. The first kappa shape index (κ1) is 17.8. The number of fused-ring (bicyclic) bond motifs is 4. The second-order valence-electron chi connectivity index (χ2n) is 8.52. The van der Waals surface area contributed by atoms with Crippen LogP contribution in [0, 0.1) is 35.5 Å². The largest absolute Gasteiger partial charge is 0.103 e. The third-order valence-corrected chi connectivity index (χ3v) is 6.81. The molecule has 0 aromatic heterocycles. The molecule has 0 aromatic rings. The van der Waals surface area contributed by atoms with Gasteiger partial charge in [0.15, 0.2) is 0 Å². The lowest BCUT2D eigenvalue weighted by atomic mass is 9.89. The molecule has 4 aliphatic rings. The Morgan fingerprint density at radius 3 is 1.71 bits per heavy atom. The minimum absolute atomic E-state index is 0.931. The fraction of sp³-hybridized carbons (Fsp3) is 0.667. The van der Waals surface area contributed by atoms with Crippen LogP contribution in [0.2, 0.25) is 0 Å². The Hall–Kier alpha value is -1.04. The minimum Gasteiger partial charge on any atom is -0.103 e. The Morgan fingerprint density at radius 2 is 1.25 bits per heavy atom. The van der Waals surface area contributed by atoms with Crippen LogP contribution in [0.25, 0.3) is 0 Å². The summed E-state index contributed by atoms with van der Waals surface area (Å²) in [6.45, 7) is 7.52. The molecule has 132 valence electrons. The zero-order chi connectivity index (χ0) is 16.8. The topological polar surface area (TPSA) is 0 Å². The standard InChI is InChI=1S/C13H20.C11H16/c1-2-3-4-5-6-12-9-11-7-8-13(12)10-11;1-2-3-4-10-7-9-5-6-11(10)8-9/h2,7-8,11-13H,1,3-6,9-10H2;2,5-6,9-11H,1,3-4,7-8H2. The number of allylic oxidation sites excluding steroid dienone is 6. The molecule has 0 N–H and O–H groups in total. The Kier molecular flexibility index (Phi) is 6.58. The SMILES string of the molecule is C=CCCC1CC2C=CC1C2.C=CCCCCC1CC2C=CC1C2. The molecular weight excluding hydrogens is 288 g/mol. The molecule has 0 spiro atoms. The molecule has 2 fully saturated rings. The zero-order valence-corrected chi connectivity index (χ0v) is 15.4. The van der Waals surface area contributed by atoms with Gasteiger partial charge in [-0.15, -0.1) is 13.2 Å². The second kappa shape index (κ2) is 8.88. The van der Waals surface area contributed by atoms with Crippen molar-refractivity contribution in [2.24, 2.45) is 35.5 Å². The average Bonchev–Trinajstić information content (AvgIpc) is 3.38. The predicted molar refractivity (Wildman–Crippen MR) is 106 cm³/mol. The van der Waals surface area contributed by atoms with Crippen LogP contribution in [-0.4, -0.2) is 0 Å². The lowest BCUT2D eigenvalue weighted by molar-refractivity contribution is 0.399. The van der Waals surface area contributed by atoms with Gasteiger partial charge in [0, 0.05) is 0 Å². The first-order valence-corrected chi connectivity index (χ1v) is 10.4. The van der Waals surface area contributed by atoms with E-state index >= 15 is 0 Å². The van der Waals surface area contributed by atoms with E-state index in [0.29, 0.717) is 0 Å². The molecule has 0 amide bonds. The van der Waals surface area contributed by atoms with E-state index in [9.17, 15) is 0 Å². The van der Waals surface area contributed by atoms with E-state index in [0.717, 1.165) is 35.5 Å². The Bertz CT molecular complexity index is 468. The second-order valence-corrected chi connectivity index (χ2v) is 8.52. The van der Waals surface area contributed by atoms with Crippen molar-refractivity contribution in [1.29, 1.82) is 0 Å². The van der Waals surface area contributed by atoms with E-state index in [1.807, 2.05) is 6.08 Å². The van der Waals surface area contributed by atoms with E-state index < -0.39 is 0 Å². The highest BCUT2D eigenvalue weighted by Gasteiger charge is 2.35. The molecule has 0 radical (unpaired) electrons. The Morgan fingerprint density at radius 1 is 0.667 bits per heavy atom. The highest BCUT2D eigenvalue weighted by atomic mass is 14.4. The van der Waals surface area contributed by atoms with E-state index in [1.165, 1.54) is 64.2 Å². The summed E-state index contributed by atoms with van der Waals surface area (Å²) in [5.41, 5.74) is 0. The summed E-state index contributed by atoms with van der Waals surface area (Å²) in [6, 6.07) is 0. The summed E-state index contributed by atoms with van der Waals surface area (Å²) >= 11 is 0. The van der Waals surface area contributed by atoms with Gasteiger partial charge in [0.25, 0.3) is 0 Å². The molecule has 24 heavy (non-hydrogen) atoms. The molecule has 6 unspecified atom stereocenters. The first-order valence-electron chi connectivity index (χ1n) is 10.4. The minimum atomic E-state index is 0.931. The number of hydrogen-bond donors (Lipinski definition) is 0. The van der Waals surface area contributed by atoms with Crippen LogP contribution in [0.1, 0.15) is 64.2 Å². The van der Waals surface area contributed by atoms with Crippen molar-refractivity contribution in [2.45, 2.75) is 64.2 Å². The van der Waals surface area contributed by atoms with E-state index in [2.05, 4.69) is 43.5 Å². The van der Waals surface area contributed by atoms with Gasteiger partial charge in [-0.1, -0.05) is 42.9 Å². The van der Waals surface area contributed by atoms with Gasteiger partial charge in [-0.2, -0.15) is 0 Å². The van der Waals surface area contributed by atoms with Crippen molar-refractivity contribution in [3.63, 3.8) is 0 Å². The quantitative estimate of drug-likeness (QED) is 0.329. The lowest BCUT2D eigenvalue weighted by Crippen LogP contribution is -2.06. The highest BCUT2D eigenvalue weighted by molar-refractivity contribution is 5.10. The molecule has 0 aliphatic heterocycles. The summed E-state index contributed by atoms with van der Waals surface area (Å²) < 4.78 is 0. The molecule has 4 rings (SSSR count). The fourth-order valence-corrected chi connectivity index (χ4v) is 5.48. The van der Waals surface area contributed by atoms with Crippen molar-refractivity contribution < 1.29 is 0 Å². The maximum atomic E-state index is 3.77. The number of hydrogen-bond acceptors (Lipinski definition) is 0. The zero-order valence-electron chi connectivity index (χ0n) is 15.4. The van der Waals surface area contributed by atoms with Crippen molar-refractivity contribution in [3.8, 4) is 0 Å². The molecule has 2 saturated carbocycles. The smallest absolute Gasteiger partial charge is 0.0199 e. The number of rotatable bonds is 8. The first-order chi connectivity index (χ1) is 11.8. The van der Waals surface area contributed by atoms with Crippen molar-refractivity contribution in [2.75, 3.05) is 0 Å². The van der Waals surface area contributed by atoms with Gasteiger partial charge in [0.05, 0.1) is 0 Å². The van der Waals surface area contributed by atoms with Gasteiger partial charge in [-0.05, 0) is 93.3 Å². The van der Waals surface area contributed by atoms with Crippen LogP contribution >= 0.6 is 0 Å². The summed E-state index contributed by atoms with van der Waals surface area (Å²) in [5.74, 6) is 5.79. The van der Waals surface area contributed by atoms with Crippen LogP contribution in [-0.2, 0) is 0 Å². The summed E-state index contributed by atoms with van der Waals surface area (Å²) in [4.78, 5) is 0. The summed E-state index contributed by atoms with van der Waals surface area (Å²) in [7, 11) is 0. The van der Waals surface area contributed by atoms with Crippen LogP contribution in [0.3, 0.4) is 0 Å². The van der Waals surface area contributed by atoms with Crippen LogP contribution in [0.5, 0.6) is 0 Å². The average molecular weight is 325 g/mol. The van der Waals surface area contributed by atoms with Gasteiger partial charge in [0.1, 0.15) is 0 Å². The van der Waals surface area contributed by atoms with Crippen molar-refractivity contribution >= 4 is 0 Å². The van der Waals surface area contributed by atoms with Crippen molar-refractivity contribution in [3.05, 3.63) is 49.6 Å². The molecular formula is C24H36. The molecule has 0 saturated heterocycles. The molecule has 0 heterocycles. The van der Waals surface area contributed by atoms with Gasteiger partial charge < -0.3 is 0 Å². The molecule has 0 nitrogen and oxygen atoms in total. The van der Waals surface area contributed by atoms with E-state index in [1.54, 1.807) is 0 Å². The molecule has 4 bridgehead atoms.